The highest BCUT2D eigenvalue weighted by Gasteiger charge is 2.25. The van der Waals surface area contributed by atoms with E-state index in [4.69, 9.17) is 0 Å². The predicted octanol–water partition coefficient (Wildman–Crippen LogP) is 6.14. The van der Waals surface area contributed by atoms with E-state index in [0.29, 0.717) is 33.8 Å². The molecule has 2 heterocycles. The van der Waals surface area contributed by atoms with E-state index in [1.807, 2.05) is 70.0 Å². The Balaban J connectivity index is 1.50. The zero-order valence-electron chi connectivity index (χ0n) is 29.2. The van der Waals surface area contributed by atoms with Crippen molar-refractivity contribution >= 4 is 43.5 Å². The quantitative estimate of drug-likeness (QED) is 0.131. The molecule has 4 aromatic rings. The molecule has 1 atom stereocenters. The van der Waals surface area contributed by atoms with E-state index in [-0.39, 0.29) is 30.1 Å². The summed E-state index contributed by atoms with van der Waals surface area (Å²) in [7, 11) is -8.74. The number of amides is 4. The van der Waals surface area contributed by atoms with Gasteiger partial charge in [0.1, 0.15) is 5.82 Å². The van der Waals surface area contributed by atoms with E-state index in [1.165, 1.54) is 30.7 Å². The van der Waals surface area contributed by atoms with Gasteiger partial charge in [0.05, 0.1) is 24.3 Å². The number of nitrogens with zero attached hydrogens (tertiary/aromatic N) is 4. The van der Waals surface area contributed by atoms with Gasteiger partial charge in [0.2, 0.25) is 0 Å². The minimum Gasteiger partial charge on any atom is -0.307 e. The van der Waals surface area contributed by atoms with Crippen molar-refractivity contribution in [2.45, 2.75) is 88.6 Å². The standard InChI is InChI=1S/C34H41FN8O6S2/c1-19(2)25-9-8-10-26(31(25)40-33(44)42-50(46,47)29-17-36-11-12-37-29)22(7)13-24-16-39-30(18-38-24)51(48,49)43-34(45)41-32-27(20(3)4)14-23(35)15-28(32)21(5)6/h8-12,14-22H,13H2,1-7H3,(H2,40,42,44)(H2,41,43,45). The predicted molar refractivity (Wildman–Crippen MR) is 190 cm³/mol. The first-order chi connectivity index (χ1) is 23.9. The van der Waals surface area contributed by atoms with Crippen molar-refractivity contribution in [2.24, 2.45) is 0 Å². The third kappa shape index (κ3) is 9.61. The van der Waals surface area contributed by atoms with Crippen LogP contribution in [0.3, 0.4) is 0 Å². The number of aromatic nitrogens is 4. The number of hydrogen-bond acceptors (Lipinski definition) is 10. The van der Waals surface area contributed by atoms with Crippen LogP contribution in [-0.4, -0.2) is 48.8 Å². The Kier molecular flexibility index (Phi) is 12.1. The summed E-state index contributed by atoms with van der Waals surface area (Å²) < 4.78 is 69.7. The van der Waals surface area contributed by atoms with E-state index < -0.39 is 48.0 Å². The molecule has 0 radical (unpaired) electrons. The number of carbonyl (C=O) groups excluding carboxylic acids is 2. The molecule has 4 rings (SSSR count). The molecule has 1 unspecified atom stereocenters. The van der Waals surface area contributed by atoms with Crippen molar-refractivity contribution in [3.05, 3.63) is 95.1 Å². The van der Waals surface area contributed by atoms with Gasteiger partial charge in [-0.1, -0.05) is 66.7 Å². The van der Waals surface area contributed by atoms with Gasteiger partial charge in [-0.2, -0.15) is 16.8 Å². The Morgan fingerprint density at radius 3 is 1.65 bits per heavy atom. The summed E-state index contributed by atoms with van der Waals surface area (Å²) >= 11 is 0. The first-order valence-electron chi connectivity index (χ1n) is 16.1. The molecule has 0 saturated heterocycles. The molecule has 272 valence electrons. The molecular weight excluding hydrogens is 700 g/mol. The third-order valence-corrected chi connectivity index (χ3v) is 10.3. The van der Waals surface area contributed by atoms with Gasteiger partial charge in [0.25, 0.3) is 20.0 Å². The van der Waals surface area contributed by atoms with Crippen LogP contribution in [0, 0.1) is 5.82 Å². The normalized spacial score (nSPS) is 12.5. The van der Waals surface area contributed by atoms with Crippen molar-refractivity contribution in [1.29, 1.82) is 0 Å². The van der Waals surface area contributed by atoms with E-state index in [9.17, 15) is 30.8 Å². The Hall–Kier alpha value is -5.03. The fraction of sp³-hybridized carbons (Fsp3) is 0.353. The number of urea groups is 2. The smallest absolute Gasteiger partial charge is 0.307 e. The van der Waals surface area contributed by atoms with Gasteiger partial charge in [0.15, 0.2) is 10.1 Å². The zero-order chi connectivity index (χ0) is 37.7. The maximum atomic E-state index is 14.3. The monoisotopic (exact) mass is 740 g/mol. The molecule has 0 spiro atoms. The number of anilines is 2. The molecule has 2 aromatic heterocycles. The molecule has 14 nitrogen and oxygen atoms in total. The summed E-state index contributed by atoms with van der Waals surface area (Å²) in [6, 6.07) is 6.01. The Morgan fingerprint density at radius 1 is 0.667 bits per heavy atom. The van der Waals surface area contributed by atoms with Crippen molar-refractivity contribution in [1.82, 2.24) is 29.4 Å². The van der Waals surface area contributed by atoms with Gasteiger partial charge in [-0.15, -0.1) is 0 Å². The fourth-order valence-electron chi connectivity index (χ4n) is 5.39. The number of halogens is 1. The molecule has 51 heavy (non-hydrogen) atoms. The Labute approximate surface area is 297 Å². The molecule has 0 aliphatic carbocycles. The fourth-order valence-corrected chi connectivity index (χ4v) is 6.97. The number of nitrogens with one attached hydrogen (secondary N) is 4. The lowest BCUT2D eigenvalue weighted by Gasteiger charge is -2.22. The van der Waals surface area contributed by atoms with E-state index in [0.717, 1.165) is 18.0 Å². The molecule has 0 aliphatic heterocycles. The van der Waals surface area contributed by atoms with Gasteiger partial charge in [0, 0.05) is 23.8 Å². The van der Waals surface area contributed by atoms with Crippen molar-refractivity contribution in [2.75, 3.05) is 10.6 Å². The maximum absolute atomic E-state index is 14.3. The number of carbonyl (C=O) groups is 2. The zero-order valence-corrected chi connectivity index (χ0v) is 30.9. The molecule has 0 saturated carbocycles. The van der Waals surface area contributed by atoms with Crippen LogP contribution in [0.15, 0.2) is 71.4 Å². The second-order valence-electron chi connectivity index (χ2n) is 12.8. The summed E-state index contributed by atoms with van der Waals surface area (Å²) in [5, 5.41) is 4.36. The molecule has 0 fully saturated rings. The second-order valence-corrected chi connectivity index (χ2v) is 16.1. The lowest BCUT2D eigenvalue weighted by molar-refractivity contribution is 0.255. The van der Waals surface area contributed by atoms with Gasteiger partial charge >= 0.3 is 12.1 Å². The molecule has 17 heteroatoms. The van der Waals surface area contributed by atoms with Gasteiger partial charge in [-0.05, 0) is 64.5 Å². The highest BCUT2D eigenvalue weighted by molar-refractivity contribution is 7.90. The number of benzene rings is 2. The van der Waals surface area contributed by atoms with Gasteiger partial charge in [-0.25, -0.2) is 33.4 Å². The van der Waals surface area contributed by atoms with Crippen LogP contribution in [0.4, 0.5) is 25.4 Å². The Bertz CT molecular complexity index is 2080. The molecule has 2 aromatic carbocycles. The number of para-hydroxylation sites is 1. The summed E-state index contributed by atoms with van der Waals surface area (Å²) in [6.45, 7) is 13.1. The van der Waals surface area contributed by atoms with Crippen molar-refractivity contribution in [3.63, 3.8) is 0 Å². The number of rotatable bonds is 12. The summed E-state index contributed by atoms with van der Waals surface area (Å²) in [5.74, 6) is -1.13. The van der Waals surface area contributed by atoms with Gasteiger partial charge in [-0.3, -0.25) is 9.97 Å². The summed E-state index contributed by atoms with van der Waals surface area (Å²) in [4.78, 5) is 41.7. The lowest BCUT2D eigenvalue weighted by atomic mass is 9.89. The minimum atomic E-state index is -4.44. The van der Waals surface area contributed by atoms with Crippen LogP contribution in [0.2, 0.25) is 0 Å². The topological polar surface area (TPSA) is 202 Å². The molecule has 4 amide bonds. The molecule has 0 bridgehead atoms. The highest BCUT2D eigenvalue weighted by Crippen LogP contribution is 2.35. The van der Waals surface area contributed by atoms with E-state index in [1.54, 1.807) is 6.07 Å². The molecular formula is C34H41FN8O6S2. The second kappa shape index (κ2) is 15.9. The minimum absolute atomic E-state index is 0.0463. The molecule has 0 aliphatic rings. The average molecular weight is 741 g/mol. The number of sulfonamides is 2. The highest BCUT2D eigenvalue weighted by atomic mass is 32.2. The van der Waals surface area contributed by atoms with Crippen molar-refractivity contribution in [3.8, 4) is 0 Å². The summed E-state index contributed by atoms with van der Waals surface area (Å²) in [5.41, 5.74) is 3.64. The van der Waals surface area contributed by atoms with Crippen LogP contribution in [0.5, 0.6) is 0 Å². The number of hydrogen-bond donors (Lipinski definition) is 4. The van der Waals surface area contributed by atoms with Crippen molar-refractivity contribution < 1.29 is 30.8 Å². The maximum Gasteiger partial charge on any atom is 0.333 e. The van der Waals surface area contributed by atoms with Crippen LogP contribution < -0.4 is 20.1 Å². The average Bonchev–Trinajstić information content (AvgIpc) is 3.05. The van der Waals surface area contributed by atoms with E-state index in [2.05, 4.69) is 30.6 Å². The molecule has 4 N–H and O–H groups in total. The van der Waals surface area contributed by atoms with Crippen LogP contribution in [0.25, 0.3) is 0 Å². The SMILES string of the molecule is CC(C)c1cc(F)cc(C(C)C)c1NC(=O)NS(=O)(=O)c1cnc(CC(C)c2cccc(C(C)C)c2NC(=O)NS(=O)(=O)c2cnccn2)cn1. The van der Waals surface area contributed by atoms with Crippen LogP contribution >= 0.6 is 0 Å². The van der Waals surface area contributed by atoms with Crippen LogP contribution in [-0.2, 0) is 26.5 Å². The van der Waals surface area contributed by atoms with Gasteiger partial charge < -0.3 is 10.6 Å². The first kappa shape index (κ1) is 38.8. The van der Waals surface area contributed by atoms with Crippen LogP contribution in [0.1, 0.15) is 100 Å². The first-order valence-corrected chi connectivity index (χ1v) is 19.1. The Morgan fingerprint density at radius 2 is 1.18 bits per heavy atom. The third-order valence-electron chi connectivity index (χ3n) is 7.91. The summed E-state index contributed by atoms with van der Waals surface area (Å²) in [6.07, 6.45) is 6.09. The largest absolute Gasteiger partial charge is 0.333 e. The lowest BCUT2D eigenvalue weighted by Crippen LogP contribution is -2.35. The van der Waals surface area contributed by atoms with E-state index >= 15 is 0 Å².